The molecule has 5 nitrogen and oxygen atoms in total. The third kappa shape index (κ3) is 5.84. The summed E-state index contributed by atoms with van der Waals surface area (Å²) < 4.78 is 31.7. The van der Waals surface area contributed by atoms with Crippen LogP contribution < -0.4 is 5.43 Å². The SMILES string of the molecule is CC(C)(C)OC(=O)NN(C(=O)c1cc(F)cc(F)c1)C(C)(C)C. The molecule has 1 N–H and O–H groups in total. The molecule has 1 aromatic rings. The zero-order valence-electron chi connectivity index (χ0n) is 14.2. The first kappa shape index (κ1) is 18.9. The quantitative estimate of drug-likeness (QED) is 0.801. The smallest absolute Gasteiger partial charge is 0.426 e. The molecule has 128 valence electrons. The molecule has 0 saturated heterocycles. The van der Waals surface area contributed by atoms with E-state index in [1.807, 2.05) is 0 Å². The number of hydrogen-bond donors (Lipinski definition) is 1. The van der Waals surface area contributed by atoms with Gasteiger partial charge in [0, 0.05) is 11.6 Å². The average molecular weight is 328 g/mol. The number of benzene rings is 1. The summed E-state index contributed by atoms with van der Waals surface area (Å²) >= 11 is 0. The van der Waals surface area contributed by atoms with Crippen molar-refractivity contribution in [3.63, 3.8) is 0 Å². The molecule has 1 aromatic carbocycles. The molecule has 0 fully saturated rings. The van der Waals surface area contributed by atoms with E-state index in [0.29, 0.717) is 6.07 Å². The highest BCUT2D eigenvalue weighted by Gasteiger charge is 2.31. The zero-order chi connectivity index (χ0) is 18.0. The Morgan fingerprint density at radius 3 is 1.87 bits per heavy atom. The number of rotatable bonds is 1. The summed E-state index contributed by atoms with van der Waals surface area (Å²) in [5, 5.41) is 0.981. The van der Waals surface area contributed by atoms with E-state index in [4.69, 9.17) is 4.74 Å². The van der Waals surface area contributed by atoms with E-state index in [9.17, 15) is 18.4 Å². The number of amides is 2. The second kappa shape index (κ2) is 6.52. The van der Waals surface area contributed by atoms with Crippen molar-refractivity contribution >= 4 is 12.0 Å². The first-order chi connectivity index (χ1) is 10.3. The molecule has 0 heterocycles. The fourth-order valence-electron chi connectivity index (χ4n) is 1.72. The van der Waals surface area contributed by atoms with E-state index in [1.165, 1.54) is 0 Å². The van der Waals surface area contributed by atoms with Gasteiger partial charge in [0.25, 0.3) is 5.91 Å². The molecule has 0 spiro atoms. The van der Waals surface area contributed by atoms with Crippen LogP contribution >= 0.6 is 0 Å². The van der Waals surface area contributed by atoms with Crippen LogP contribution in [0, 0.1) is 11.6 Å². The molecule has 1 rings (SSSR count). The van der Waals surface area contributed by atoms with E-state index >= 15 is 0 Å². The van der Waals surface area contributed by atoms with Crippen molar-refractivity contribution in [1.29, 1.82) is 0 Å². The second-order valence-corrected chi connectivity index (χ2v) is 7.08. The van der Waals surface area contributed by atoms with Crippen molar-refractivity contribution in [1.82, 2.24) is 10.4 Å². The van der Waals surface area contributed by atoms with E-state index < -0.39 is 34.8 Å². The Hall–Kier alpha value is -2.18. The molecule has 23 heavy (non-hydrogen) atoms. The Balaban J connectivity index is 3.07. The Bertz CT molecular complexity index is 584. The third-order valence-corrected chi connectivity index (χ3v) is 2.59. The highest BCUT2D eigenvalue weighted by Crippen LogP contribution is 2.18. The minimum absolute atomic E-state index is 0.214. The van der Waals surface area contributed by atoms with E-state index in [2.05, 4.69) is 5.43 Å². The third-order valence-electron chi connectivity index (χ3n) is 2.59. The predicted octanol–water partition coefficient (Wildman–Crippen LogP) is 3.65. The van der Waals surface area contributed by atoms with Crippen LogP contribution in [0.15, 0.2) is 18.2 Å². The Morgan fingerprint density at radius 2 is 1.48 bits per heavy atom. The number of hydrogen-bond acceptors (Lipinski definition) is 3. The van der Waals surface area contributed by atoms with Crippen LogP contribution in [0.3, 0.4) is 0 Å². The maximum atomic E-state index is 13.3. The molecule has 0 aromatic heterocycles. The van der Waals surface area contributed by atoms with Gasteiger partial charge >= 0.3 is 6.09 Å². The van der Waals surface area contributed by atoms with Crippen molar-refractivity contribution in [2.75, 3.05) is 0 Å². The molecule has 0 atom stereocenters. The van der Waals surface area contributed by atoms with Crippen molar-refractivity contribution in [2.45, 2.75) is 52.7 Å². The zero-order valence-corrected chi connectivity index (χ0v) is 14.2. The topological polar surface area (TPSA) is 58.6 Å². The maximum Gasteiger partial charge on any atom is 0.426 e. The van der Waals surface area contributed by atoms with Gasteiger partial charge in [0.05, 0.1) is 5.54 Å². The van der Waals surface area contributed by atoms with Gasteiger partial charge in [0.15, 0.2) is 0 Å². The van der Waals surface area contributed by atoms with Crippen LogP contribution in [0.1, 0.15) is 51.9 Å². The molecule has 0 aliphatic rings. The number of halogens is 2. The molecular formula is C16H22F2N2O3. The second-order valence-electron chi connectivity index (χ2n) is 7.08. The molecule has 0 aliphatic heterocycles. The van der Waals surface area contributed by atoms with Crippen LogP contribution in [-0.2, 0) is 4.74 Å². The summed E-state index contributed by atoms with van der Waals surface area (Å²) in [5.74, 6) is -2.50. The molecule has 2 amide bonds. The Morgan fingerprint density at radius 1 is 1.00 bits per heavy atom. The Labute approximate surface area is 134 Å². The number of carbonyl (C=O) groups is 2. The first-order valence-electron chi connectivity index (χ1n) is 7.10. The average Bonchev–Trinajstić information content (AvgIpc) is 2.30. The van der Waals surface area contributed by atoms with Crippen molar-refractivity contribution < 1.29 is 23.1 Å². The highest BCUT2D eigenvalue weighted by molar-refractivity contribution is 5.95. The summed E-state index contributed by atoms with van der Waals surface area (Å²) in [6, 6.07) is 2.47. The van der Waals surface area contributed by atoms with Gasteiger partial charge in [-0.05, 0) is 53.7 Å². The van der Waals surface area contributed by atoms with Gasteiger partial charge in [0.1, 0.15) is 17.2 Å². The minimum atomic E-state index is -0.875. The molecule has 0 radical (unpaired) electrons. The molecule has 0 saturated carbocycles. The largest absolute Gasteiger partial charge is 0.443 e. The fraction of sp³-hybridized carbons (Fsp3) is 0.500. The maximum absolute atomic E-state index is 13.3. The molecule has 0 unspecified atom stereocenters. The number of carbonyl (C=O) groups excluding carboxylic acids is 2. The predicted molar refractivity (Wildman–Crippen MR) is 81.7 cm³/mol. The summed E-state index contributed by atoms with van der Waals surface area (Å²) in [6.07, 6.45) is -0.836. The normalized spacial score (nSPS) is 11.8. The first-order valence-corrected chi connectivity index (χ1v) is 7.10. The lowest BCUT2D eigenvalue weighted by Crippen LogP contribution is -2.56. The van der Waals surface area contributed by atoms with Gasteiger partial charge in [-0.1, -0.05) is 0 Å². The lowest BCUT2D eigenvalue weighted by molar-refractivity contribution is 0.0118. The summed E-state index contributed by atoms with van der Waals surface area (Å²) in [7, 11) is 0. The minimum Gasteiger partial charge on any atom is -0.443 e. The molecular weight excluding hydrogens is 306 g/mol. The standard InChI is InChI=1S/C16H22F2N2O3/c1-15(2,3)20(19-14(22)23-16(4,5)6)13(21)10-7-11(17)9-12(18)8-10/h7-9H,1-6H3,(H,19,22). The fourth-order valence-corrected chi connectivity index (χ4v) is 1.72. The number of hydrazine groups is 1. The summed E-state index contributed by atoms with van der Waals surface area (Å²) in [5.41, 5.74) is 0.529. The number of nitrogens with one attached hydrogen (secondary N) is 1. The number of nitrogens with zero attached hydrogens (tertiary/aromatic N) is 1. The summed E-state index contributed by atoms with van der Waals surface area (Å²) in [4.78, 5) is 24.4. The van der Waals surface area contributed by atoms with Gasteiger partial charge < -0.3 is 4.74 Å². The van der Waals surface area contributed by atoms with Gasteiger partial charge in [0.2, 0.25) is 0 Å². The van der Waals surface area contributed by atoms with Crippen LogP contribution in [0.2, 0.25) is 0 Å². The van der Waals surface area contributed by atoms with E-state index in [1.54, 1.807) is 41.5 Å². The van der Waals surface area contributed by atoms with Crippen molar-refractivity contribution in [3.8, 4) is 0 Å². The molecule has 0 aliphatic carbocycles. The van der Waals surface area contributed by atoms with Crippen LogP contribution in [0.5, 0.6) is 0 Å². The van der Waals surface area contributed by atoms with Gasteiger partial charge in [-0.15, -0.1) is 0 Å². The van der Waals surface area contributed by atoms with Crippen molar-refractivity contribution in [3.05, 3.63) is 35.4 Å². The van der Waals surface area contributed by atoms with Gasteiger partial charge in [-0.3, -0.25) is 4.79 Å². The lowest BCUT2D eigenvalue weighted by atomic mass is 10.1. The van der Waals surface area contributed by atoms with E-state index in [-0.39, 0.29) is 5.56 Å². The van der Waals surface area contributed by atoms with Crippen LogP contribution in [0.25, 0.3) is 0 Å². The van der Waals surface area contributed by atoms with Crippen LogP contribution in [0.4, 0.5) is 13.6 Å². The van der Waals surface area contributed by atoms with Gasteiger partial charge in [-0.25, -0.2) is 24.0 Å². The monoisotopic (exact) mass is 328 g/mol. The van der Waals surface area contributed by atoms with Crippen molar-refractivity contribution in [2.24, 2.45) is 0 Å². The Kier molecular flexibility index (Phi) is 5.35. The van der Waals surface area contributed by atoms with E-state index in [0.717, 1.165) is 17.1 Å². The lowest BCUT2D eigenvalue weighted by Gasteiger charge is -2.36. The van der Waals surface area contributed by atoms with Gasteiger partial charge in [-0.2, -0.15) is 0 Å². The van der Waals surface area contributed by atoms with Crippen LogP contribution in [-0.4, -0.2) is 28.1 Å². The number of ether oxygens (including phenoxy) is 1. The molecule has 7 heteroatoms. The molecule has 0 bridgehead atoms. The highest BCUT2D eigenvalue weighted by atomic mass is 19.1. The summed E-state index contributed by atoms with van der Waals surface area (Å²) in [6.45, 7) is 10.0.